The smallest absolute Gasteiger partial charge is 0.0897 e. The summed E-state index contributed by atoms with van der Waals surface area (Å²) >= 11 is 0. The van der Waals surface area contributed by atoms with Crippen LogP contribution in [0.25, 0.3) is 0 Å². The molecule has 0 saturated carbocycles. The quantitative estimate of drug-likeness (QED) is 0.529. The molecule has 6 nitrogen and oxygen atoms in total. The van der Waals surface area contributed by atoms with E-state index in [4.69, 9.17) is 14.2 Å². The first-order valence-electron chi connectivity index (χ1n) is 6.85. The van der Waals surface area contributed by atoms with Crippen molar-refractivity contribution < 1.29 is 24.4 Å². The Labute approximate surface area is 115 Å². The van der Waals surface area contributed by atoms with Crippen molar-refractivity contribution in [1.29, 1.82) is 0 Å². The summed E-state index contributed by atoms with van der Waals surface area (Å²) in [6, 6.07) is 0. The minimum Gasteiger partial charge on any atom is -0.389 e. The first-order chi connectivity index (χ1) is 9.06. The van der Waals surface area contributed by atoms with Crippen molar-refractivity contribution in [3.8, 4) is 0 Å². The van der Waals surface area contributed by atoms with Gasteiger partial charge in [-0.15, -0.1) is 0 Å². The van der Waals surface area contributed by atoms with Crippen LogP contribution in [0.4, 0.5) is 0 Å². The molecule has 0 spiro atoms. The van der Waals surface area contributed by atoms with E-state index in [1.165, 1.54) is 0 Å². The number of rotatable bonds is 9. The fourth-order valence-corrected chi connectivity index (χ4v) is 2.02. The number of nitrogens with one attached hydrogen (secondary N) is 1. The van der Waals surface area contributed by atoms with Crippen LogP contribution >= 0.6 is 0 Å². The Hall–Kier alpha value is -0.240. The molecule has 0 bridgehead atoms. The molecule has 0 amide bonds. The van der Waals surface area contributed by atoms with E-state index >= 15 is 0 Å². The van der Waals surface area contributed by atoms with Crippen LogP contribution in [0, 0.1) is 0 Å². The molecule has 114 valence electrons. The molecule has 1 rings (SSSR count). The molecule has 1 aliphatic heterocycles. The van der Waals surface area contributed by atoms with Gasteiger partial charge in [-0.1, -0.05) is 0 Å². The largest absolute Gasteiger partial charge is 0.389 e. The van der Waals surface area contributed by atoms with Crippen LogP contribution in [0.15, 0.2) is 0 Å². The number of methoxy groups -OCH3 is 1. The number of hydrogen-bond acceptors (Lipinski definition) is 6. The van der Waals surface area contributed by atoms with E-state index in [2.05, 4.69) is 5.32 Å². The molecule has 6 heteroatoms. The van der Waals surface area contributed by atoms with Crippen LogP contribution in [0.1, 0.15) is 19.8 Å². The Kier molecular flexibility index (Phi) is 7.82. The second-order valence-corrected chi connectivity index (χ2v) is 5.22. The molecular formula is C13H27NO5. The lowest BCUT2D eigenvalue weighted by molar-refractivity contribution is -0.0647. The summed E-state index contributed by atoms with van der Waals surface area (Å²) in [7, 11) is 1.62. The van der Waals surface area contributed by atoms with Gasteiger partial charge in [0.2, 0.25) is 0 Å². The van der Waals surface area contributed by atoms with Crippen molar-refractivity contribution in [2.24, 2.45) is 0 Å². The maximum atomic E-state index is 10.2. The Morgan fingerprint density at radius 1 is 1.32 bits per heavy atom. The molecule has 1 aliphatic rings. The summed E-state index contributed by atoms with van der Waals surface area (Å²) in [5, 5.41) is 23.0. The van der Waals surface area contributed by atoms with Gasteiger partial charge in [-0.2, -0.15) is 0 Å². The molecule has 0 aromatic heterocycles. The molecule has 1 fully saturated rings. The number of aliphatic hydroxyl groups is 2. The topological polar surface area (TPSA) is 80.2 Å². The highest BCUT2D eigenvalue weighted by Gasteiger charge is 2.29. The van der Waals surface area contributed by atoms with E-state index in [1.807, 2.05) is 6.92 Å². The van der Waals surface area contributed by atoms with Crippen molar-refractivity contribution in [2.75, 3.05) is 46.6 Å². The lowest BCUT2D eigenvalue weighted by Gasteiger charge is -2.32. The first kappa shape index (κ1) is 16.8. The van der Waals surface area contributed by atoms with Crippen LogP contribution in [0.5, 0.6) is 0 Å². The SMILES string of the molecule is COCC(C)OCC(O)CNCC1(O)CCOCC1. The Balaban J connectivity index is 2.07. The Morgan fingerprint density at radius 3 is 2.63 bits per heavy atom. The fraction of sp³-hybridized carbons (Fsp3) is 1.00. The predicted molar refractivity (Wildman–Crippen MR) is 71.2 cm³/mol. The summed E-state index contributed by atoms with van der Waals surface area (Å²) in [6.45, 7) is 4.74. The fourth-order valence-electron chi connectivity index (χ4n) is 2.02. The molecule has 1 heterocycles. The molecule has 1 saturated heterocycles. The minimum atomic E-state index is -0.706. The number of hydrogen-bond donors (Lipinski definition) is 3. The van der Waals surface area contributed by atoms with E-state index in [0.717, 1.165) is 0 Å². The lowest BCUT2D eigenvalue weighted by atomic mass is 9.94. The molecule has 0 aromatic carbocycles. The van der Waals surface area contributed by atoms with E-state index in [0.29, 0.717) is 45.8 Å². The number of ether oxygens (including phenoxy) is 3. The van der Waals surface area contributed by atoms with Gasteiger partial charge >= 0.3 is 0 Å². The Bertz CT molecular complexity index is 233. The molecule has 19 heavy (non-hydrogen) atoms. The molecular weight excluding hydrogens is 250 g/mol. The molecule has 0 aliphatic carbocycles. The van der Waals surface area contributed by atoms with Crippen LogP contribution in [-0.2, 0) is 14.2 Å². The van der Waals surface area contributed by atoms with Crippen LogP contribution < -0.4 is 5.32 Å². The van der Waals surface area contributed by atoms with Gasteiger partial charge in [0.05, 0.1) is 31.0 Å². The molecule has 2 atom stereocenters. The third-order valence-corrected chi connectivity index (χ3v) is 3.23. The van der Waals surface area contributed by atoms with Gasteiger partial charge in [0.25, 0.3) is 0 Å². The zero-order valence-corrected chi connectivity index (χ0v) is 11.9. The Morgan fingerprint density at radius 2 is 2.00 bits per heavy atom. The van der Waals surface area contributed by atoms with Crippen LogP contribution in [0.3, 0.4) is 0 Å². The highest BCUT2D eigenvalue weighted by Crippen LogP contribution is 2.19. The lowest BCUT2D eigenvalue weighted by Crippen LogP contribution is -2.47. The van der Waals surface area contributed by atoms with Crippen molar-refractivity contribution in [3.63, 3.8) is 0 Å². The minimum absolute atomic E-state index is 0.0284. The van der Waals surface area contributed by atoms with Gasteiger partial charge in [-0.05, 0) is 6.92 Å². The van der Waals surface area contributed by atoms with E-state index < -0.39 is 11.7 Å². The van der Waals surface area contributed by atoms with Gasteiger partial charge < -0.3 is 29.7 Å². The summed E-state index contributed by atoms with van der Waals surface area (Å²) < 4.78 is 15.6. The van der Waals surface area contributed by atoms with Crippen LogP contribution in [-0.4, -0.2) is 74.6 Å². The van der Waals surface area contributed by atoms with E-state index in [1.54, 1.807) is 7.11 Å². The highest BCUT2D eigenvalue weighted by molar-refractivity contribution is 4.83. The maximum Gasteiger partial charge on any atom is 0.0897 e. The highest BCUT2D eigenvalue weighted by atomic mass is 16.5. The van der Waals surface area contributed by atoms with Gasteiger partial charge in [0.1, 0.15) is 0 Å². The van der Waals surface area contributed by atoms with Crippen molar-refractivity contribution in [3.05, 3.63) is 0 Å². The second kappa shape index (κ2) is 8.84. The average Bonchev–Trinajstić information content (AvgIpc) is 2.37. The van der Waals surface area contributed by atoms with Gasteiger partial charge in [-0.3, -0.25) is 0 Å². The van der Waals surface area contributed by atoms with Gasteiger partial charge in [0, 0.05) is 46.3 Å². The van der Waals surface area contributed by atoms with Crippen molar-refractivity contribution in [2.45, 2.75) is 37.6 Å². The third kappa shape index (κ3) is 7.20. The van der Waals surface area contributed by atoms with E-state index in [9.17, 15) is 10.2 Å². The predicted octanol–water partition coefficient (Wildman–Crippen LogP) is -0.470. The third-order valence-electron chi connectivity index (χ3n) is 3.23. The van der Waals surface area contributed by atoms with E-state index in [-0.39, 0.29) is 12.7 Å². The van der Waals surface area contributed by atoms with Crippen molar-refractivity contribution in [1.82, 2.24) is 5.32 Å². The summed E-state index contributed by atoms with van der Waals surface area (Å²) in [5.74, 6) is 0. The summed E-state index contributed by atoms with van der Waals surface area (Å²) in [6.07, 6.45) is 0.664. The van der Waals surface area contributed by atoms with Crippen molar-refractivity contribution >= 4 is 0 Å². The standard InChI is InChI=1S/C13H27NO5/c1-11(8-17-2)19-9-12(15)7-14-10-13(16)3-5-18-6-4-13/h11-12,14-16H,3-10H2,1-2H3. The van der Waals surface area contributed by atoms with Crippen LogP contribution in [0.2, 0.25) is 0 Å². The normalized spacial score (nSPS) is 22.1. The first-order valence-corrected chi connectivity index (χ1v) is 6.85. The number of aliphatic hydroxyl groups excluding tert-OH is 1. The average molecular weight is 277 g/mol. The molecule has 0 radical (unpaired) electrons. The van der Waals surface area contributed by atoms with Gasteiger partial charge in [0.15, 0.2) is 0 Å². The molecule has 0 aromatic rings. The summed E-state index contributed by atoms with van der Waals surface area (Å²) in [4.78, 5) is 0. The second-order valence-electron chi connectivity index (χ2n) is 5.22. The summed E-state index contributed by atoms with van der Waals surface area (Å²) in [5.41, 5.74) is -0.706. The molecule has 2 unspecified atom stereocenters. The zero-order valence-electron chi connectivity index (χ0n) is 11.9. The zero-order chi connectivity index (χ0) is 14.1. The maximum absolute atomic E-state index is 10.2. The monoisotopic (exact) mass is 277 g/mol. The molecule has 3 N–H and O–H groups in total. The van der Waals surface area contributed by atoms with Gasteiger partial charge in [-0.25, -0.2) is 0 Å².